The quantitative estimate of drug-likeness (QED) is 0.213. The van der Waals surface area contributed by atoms with Crippen molar-refractivity contribution in [2.75, 3.05) is 0 Å². The molecule has 0 spiro atoms. The standard InChI is InChI=1S/C15H21N3O3.C12H15N3O3.C3H7I/c1-5-6-7-18-14(19)12-8-11(21-10(2)3)9-16-13(12)17(4)15(18)20;1-3-4-5-15-11(17)9-6-8(16)7-13-10(9)14(2)12(15)18;1-3(2)4/h8-10H,5-7H2,1-4H3;6-7,16H,3-5H2,1-2H3;3H,1-2H3. The normalized spacial score (nSPS) is 11.0. The minimum absolute atomic E-state index is 0.000835. The Hall–Kier alpha value is -3.49. The van der Waals surface area contributed by atoms with Gasteiger partial charge in [-0.05, 0) is 38.8 Å². The van der Waals surface area contributed by atoms with Gasteiger partial charge in [-0.15, -0.1) is 0 Å². The second kappa shape index (κ2) is 16.4. The first-order valence-corrected chi connectivity index (χ1v) is 15.7. The number of hydrogen-bond donors (Lipinski definition) is 1. The maximum Gasteiger partial charge on any atom is 0.332 e. The van der Waals surface area contributed by atoms with E-state index in [4.69, 9.17) is 4.74 Å². The molecule has 0 atom stereocenters. The second-order valence-electron chi connectivity index (χ2n) is 10.6. The molecule has 1 N–H and O–H groups in total. The summed E-state index contributed by atoms with van der Waals surface area (Å²) in [7, 11) is 3.19. The Bertz CT molecular complexity index is 1770. The van der Waals surface area contributed by atoms with Crippen molar-refractivity contribution in [2.24, 2.45) is 14.1 Å². The van der Waals surface area contributed by atoms with Crippen LogP contribution >= 0.6 is 22.6 Å². The van der Waals surface area contributed by atoms with Gasteiger partial charge in [0.2, 0.25) is 0 Å². The number of pyridine rings is 2. The summed E-state index contributed by atoms with van der Waals surface area (Å²) in [6.07, 6.45) is 6.12. The van der Waals surface area contributed by atoms with Gasteiger partial charge in [-0.3, -0.25) is 27.9 Å². The molecule has 4 heterocycles. The Labute approximate surface area is 264 Å². The van der Waals surface area contributed by atoms with Crippen molar-refractivity contribution in [3.8, 4) is 11.5 Å². The minimum atomic E-state index is -0.398. The Kier molecular flexibility index (Phi) is 13.6. The fourth-order valence-corrected chi connectivity index (χ4v) is 4.11. The highest BCUT2D eigenvalue weighted by Crippen LogP contribution is 2.16. The molecular weight excluding hydrogens is 667 g/mol. The van der Waals surface area contributed by atoms with Gasteiger partial charge < -0.3 is 9.84 Å². The van der Waals surface area contributed by atoms with E-state index in [1.807, 2.05) is 27.7 Å². The number of aromatic hydroxyl groups is 1. The average Bonchev–Trinajstić information content (AvgIpc) is 2.94. The maximum absolute atomic E-state index is 12.5. The SMILES string of the molecule is CC(C)I.CCCCn1c(=O)c2cc(O)cnc2n(C)c1=O.CCCCn1c(=O)c2cc(OC(C)C)cnc2n(C)c1=O. The molecule has 0 aromatic carbocycles. The number of rotatable bonds is 8. The predicted octanol–water partition coefficient (Wildman–Crippen LogP) is 4.11. The Morgan fingerprint density at radius 2 is 1.21 bits per heavy atom. The van der Waals surface area contributed by atoms with E-state index in [2.05, 4.69) is 46.4 Å². The summed E-state index contributed by atoms with van der Waals surface area (Å²) in [5.74, 6) is 0.454. The third-order valence-electron chi connectivity index (χ3n) is 6.16. The van der Waals surface area contributed by atoms with Crippen molar-refractivity contribution < 1.29 is 9.84 Å². The van der Waals surface area contributed by atoms with Crippen LogP contribution in [-0.4, -0.2) is 43.4 Å². The number of aromatic nitrogens is 6. The molecule has 13 heteroatoms. The van der Waals surface area contributed by atoms with Crippen LogP contribution in [0, 0.1) is 0 Å². The number of alkyl halides is 1. The van der Waals surface area contributed by atoms with Gasteiger partial charge in [0.15, 0.2) is 0 Å². The van der Waals surface area contributed by atoms with Crippen LogP contribution in [0.15, 0.2) is 43.7 Å². The predicted molar refractivity (Wildman–Crippen MR) is 179 cm³/mol. The van der Waals surface area contributed by atoms with Crippen LogP contribution in [0.3, 0.4) is 0 Å². The maximum atomic E-state index is 12.5. The van der Waals surface area contributed by atoms with E-state index < -0.39 is 5.56 Å². The molecule has 4 rings (SSSR count). The molecule has 0 aliphatic heterocycles. The van der Waals surface area contributed by atoms with Gasteiger partial charge in [0.25, 0.3) is 11.1 Å². The van der Waals surface area contributed by atoms with Gasteiger partial charge in [-0.2, -0.15) is 0 Å². The summed E-state index contributed by atoms with van der Waals surface area (Å²) in [5.41, 5.74) is -0.734. The van der Waals surface area contributed by atoms with Gasteiger partial charge in [0, 0.05) is 31.1 Å². The fraction of sp³-hybridized carbons (Fsp3) is 0.533. The summed E-state index contributed by atoms with van der Waals surface area (Å²) in [4.78, 5) is 57.0. The minimum Gasteiger partial charge on any atom is -0.506 e. The van der Waals surface area contributed by atoms with Crippen molar-refractivity contribution in [3.63, 3.8) is 0 Å². The molecule has 0 aliphatic rings. The lowest BCUT2D eigenvalue weighted by molar-refractivity contribution is 0.242. The largest absolute Gasteiger partial charge is 0.506 e. The summed E-state index contributed by atoms with van der Waals surface area (Å²) in [5, 5.41) is 10.1. The van der Waals surface area contributed by atoms with E-state index in [0.29, 0.717) is 29.9 Å². The number of aryl methyl sites for hydroxylation is 2. The molecule has 0 aliphatic carbocycles. The lowest BCUT2D eigenvalue weighted by atomic mass is 10.3. The summed E-state index contributed by atoms with van der Waals surface area (Å²) in [6.45, 7) is 12.9. The molecule has 0 fully saturated rings. The lowest BCUT2D eigenvalue weighted by Crippen LogP contribution is -2.39. The zero-order valence-electron chi connectivity index (χ0n) is 26.3. The van der Waals surface area contributed by atoms with Crippen LogP contribution in [0.2, 0.25) is 0 Å². The molecule has 43 heavy (non-hydrogen) atoms. The van der Waals surface area contributed by atoms with Crippen molar-refractivity contribution >= 4 is 44.7 Å². The molecular formula is C30H43IN6O6. The van der Waals surface area contributed by atoms with E-state index >= 15 is 0 Å². The van der Waals surface area contributed by atoms with Crippen molar-refractivity contribution in [1.29, 1.82) is 0 Å². The zero-order chi connectivity index (χ0) is 32.4. The van der Waals surface area contributed by atoms with Gasteiger partial charge in [0.05, 0.1) is 29.3 Å². The molecule has 236 valence electrons. The number of halogens is 1. The third-order valence-corrected chi connectivity index (χ3v) is 6.16. The molecule has 0 unspecified atom stereocenters. The highest BCUT2D eigenvalue weighted by atomic mass is 127. The number of ether oxygens (including phenoxy) is 1. The molecule has 4 aromatic heterocycles. The first-order chi connectivity index (χ1) is 20.2. The molecule has 0 amide bonds. The van der Waals surface area contributed by atoms with Crippen LogP contribution in [0.25, 0.3) is 22.1 Å². The van der Waals surface area contributed by atoms with Crippen LogP contribution < -0.4 is 27.2 Å². The molecule has 0 radical (unpaired) electrons. The Morgan fingerprint density at radius 1 is 0.791 bits per heavy atom. The monoisotopic (exact) mass is 710 g/mol. The topological polar surface area (TPSA) is 143 Å². The second-order valence-corrected chi connectivity index (χ2v) is 13.1. The van der Waals surface area contributed by atoms with E-state index in [9.17, 15) is 24.3 Å². The van der Waals surface area contributed by atoms with E-state index in [1.165, 1.54) is 36.7 Å². The van der Waals surface area contributed by atoms with Gasteiger partial charge in [-0.25, -0.2) is 19.6 Å². The molecule has 4 aromatic rings. The summed E-state index contributed by atoms with van der Waals surface area (Å²) >= 11 is 2.34. The van der Waals surface area contributed by atoms with E-state index in [1.54, 1.807) is 20.2 Å². The number of unbranched alkanes of at least 4 members (excludes halogenated alkanes) is 2. The molecule has 12 nitrogen and oxygen atoms in total. The van der Waals surface area contributed by atoms with Crippen molar-refractivity contribution in [2.45, 2.75) is 90.3 Å². The van der Waals surface area contributed by atoms with Crippen LogP contribution in [0.5, 0.6) is 11.5 Å². The molecule has 0 saturated carbocycles. The zero-order valence-corrected chi connectivity index (χ0v) is 28.4. The third kappa shape index (κ3) is 9.25. The number of nitrogens with zero attached hydrogens (tertiary/aromatic N) is 6. The van der Waals surface area contributed by atoms with Crippen LogP contribution in [0.4, 0.5) is 0 Å². The fourth-order valence-electron chi connectivity index (χ4n) is 4.11. The highest BCUT2D eigenvalue weighted by Gasteiger charge is 2.14. The van der Waals surface area contributed by atoms with E-state index in [-0.39, 0.29) is 39.8 Å². The van der Waals surface area contributed by atoms with Gasteiger partial charge in [-0.1, -0.05) is 63.1 Å². The molecule has 0 bridgehead atoms. The number of hydrogen-bond acceptors (Lipinski definition) is 8. The molecule has 0 saturated heterocycles. The Balaban J connectivity index is 0.000000269. The summed E-state index contributed by atoms with van der Waals surface area (Å²) < 4.78 is 11.6. The smallest absolute Gasteiger partial charge is 0.332 e. The van der Waals surface area contributed by atoms with Crippen molar-refractivity contribution in [3.05, 3.63) is 66.2 Å². The Morgan fingerprint density at radius 3 is 1.63 bits per heavy atom. The first kappa shape index (κ1) is 35.7. The van der Waals surface area contributed by atoms with E-state index in [0.717, 1.165) is 29.6 Å². The first-order valence-electron chi connectivity index (χ1n) is 14.4. The van der Waals surface area contributed by atoms with Crippen LogP contribution in [-0.2, 0) is 27.2 Å². The lowest BCUT2D eigenvalue weighted by Gasteiger charge is -2.12. The van der Waals surface area contributed by atoms with Crippen LogP contribution in [0.1, 0.15) is 67.2 Å². The van der Waals surface area contributed by atoms with Crippen molar-refractivity contribution in [1.82, 2.24) is 28.2 Å². The summed E-state index contributed by atoms with van der Waals surface area (Å²) in [6, 6.07) is 3.00. The highest BCUT2D eigenvalue weighted by molar-refractivity contribution is 14.1. The average molecular weight is 711 g/mol. The number of fused-ring (bicyclic) bond motifs is 2. The van der Waals surface area contributed by atoms with Gasteiger partial charge in [0.1, 0.15) is 22.8 Å². The van der Waals surface area contributed by atoms with Gasteiger partial charge >= 0.3 is 11.4 Å².